The molecule has 0 atom stereocenters. The van der Waals surface area contributed by atoms with E-state index in [1.807, 2.05) is 0 Å². The van der Waals surface area contributed by atoms with Crippen molar-refractivity contribution >= 4 is 15.8 Å². The summed E-state index contributed by atoms with van der Waals surface area (Å²) < 4.78 is 37.0. The van der Waals surface area contributed by atoms with Gasteiger partial charge in [0.1, 0.15) is 5.82 Å². The Morgan fingerprint density at radius 2 is 2.06 bits per heavy atom. The minimum Gasteiger partial charge on any atom is -0.478 e. The molecule has 6 heteroatoms. The molecule has 0 aliphatic rings. The summed E-state index contributed by atoms with van der Waals surface area (Å²) in [7, 11) is -3.67. The van der Waals surface area contributed by atoms with Crippen molar-refractivity contribution in [1.29, 1.82) is 0 Å². The van der Waals surface area contributed by atoms with Gasteiger partial charge in [0.2, 0.25) is 0 Å². The van der Waals surface area contributed by atoms with Gasteiger partial charge in [-0.05, 0) is 24.6 Å². The van der Waals surface area contributed by atoms with Crippen LogP contribution in [0, 0.1) is 5.82 Å². The summed E-state index contributed by atoms with van der Waals surface area (Å²) in [5, 5.41) is 8.73. The van der Waals surface area contributed by atoms with Crippen molar-refractivity contribution in [2.75, 3.05) is 5.75 Å². The van der Waals surface area contributed by atoms with Crippen LogP contribution in [0.25, 0.3) is 0 Å². The summed E-state index contributed by atoms with van der Waals surface area (Å²) in [4.78, 5) is 10.5. The predicted molar refractivity (Wildman–Crippen MR) is 64.8 cm³/mol. The van der Waals surface area contributed by atoms with Crippen molar-refractivity contribution in [1.82, 2.24) is 0 Å². The van der Waals surface area contributed by atoms with Crippen LogP contribution < -0.4 is 0 Å². The number of benzene rings is 1. The van der Waals surface area contributed by atoms with E-state index >= 15 is 0 Å². The zero-order valence-electron chi connectivity index (χ0n) is 9.81. The van der Waals surface area contributed by atoms with Gasteiger partial charge in [0.05, 0.1) is 16.2 Å². The zero-order valence-corrected chi connectivity index (χ0v) is 10.6. The van der Waals surface area contributed by atoms with Crippen LogP contribution in [0.15, 0.2) is 35.2 Å². The molecule has 98 valence electrons. The highest BCUT2D eigenvalue weighted by molar-refractivity contribution is 7.91. The van der Waals surface area contributed by atoms with E-state index in [4.69, 9.17) is 5.11 Å². The van der Waals surface area contributed by atoms with Crippen molar-refractivity contribution in [2.45, 2.75) is 18.2 Å². The van der Waals surface area contributed by atoms with E-state index in [0.717, 1.165) is 18.2 Å². The molecule has 0 amide bonds. The van der Waals surface area contributed by atoms with Gasteiger partial charge in [0.25, 0.3) is 0 Å². The Morgan fingerprint density at radius 3 is 2.56 bits per heavy atom. The average Bonchev–Trinajstić information content (AvgIpc) is 2.28. The van der Waals surface area contributed by atoms with Gasteiger partial charge >= 0.3 is 5.97 Å². The number of carboxylic acid groups (broad SMARTS) is 1. The molecule has 0 saturated heterocycles. The van der Waals surface area contributed by atoms with Crippen LogP contribution in [0.1, 0.15) is 23.7 Å². The summed E-state index contributed by atoms with van der Waals surface area (Å²) in [5.74, 6) is -2.73. The summed E-state index contributed by atoms with van der Waals surface area (Å²) >= 11 is 0. The summed E-state index contributed by atoms with van der Waals surface area (Å²) in [6.45, 7) is 5.36. The minimum absolute atomic E-state index is 0.212. The molecule has 0 aliphatic carbocycles. The van der Waals surface area contributed by atoms with Gasteiger partial charge in [-0.25, -0.2) is 17.6 Å². The molecule has 0 spiro atoms. The second-order valence-corrected chi connectivity index (χ2v) is 5.80. The SMILES string of the molecule is C=C(CC)CS(=O)(=O)c1ccc(F)c(C(=O)O)c1. The second-order valence-electron chi connectivity index (χ2n) is 3.81. The largest absolute Gasteiger partial charge is 0.478 e. The first kappa shape index (κ1) is 14.4. The van der Waals surface area contributed by atoms with Crippen molar-refractivity contribution in [3.05, 3.63) is 41.7 Å². The third-order valence-electron chi connectivity index (χ3n) is 2.42. The quantitative estimate of drug-likeness (QED) is 0.659. The maximum Gasteiger partial charge on any atom is 0.338 e. The lowest BCUT2D eigenvalue weighted by molar-refractivity contribution is 0.0691. The lowest BCUT2D eigenvalue weighted by Gasteiger charge is -2.07. The maximum atomic E-state index is 13.1. The van der Waals surface area contributed by atoms with E-state index in [0.29, 0.717) is 12.0 Å². The molecule has 0 unspecified atom stereocenters. The van der Waals surface area contributed by atoms with Gasteiger partial charge < -0.3 is 5.11 Å². The Hall–Kier alpha value is -1.69. The lowest BCUT2D eigenvalue weighted by atomic mass is 10.2. The van der Waals surface area contributed by atoms with Gasteiger partial charge in [-0.3, -0.25) is 0 Å². The van der Waals surface area contributed by atoms with Crippen LogP contribution >= 0.6 is 0 Å². The van der Waals surface area contributed by atoms with Gasteiger partial charge in [0.15, 0.2) is 9.84 Å². The molecule has 4 nitrogen and oxygen atoms in total. The van der Waals surface area contributed by atoms with Gasteiger partial charge in [0, 0.05) is 0 Å². The number of halogens is 1. The highest BCUT2D eigenvalue weighted by Gasteiger charge is 2.19. The van der Waals surface area contributed by atoms with E-state index in [1.165, 1.54) is 0 Å². The molecule has 18 heavy (non-hydrogen) atoms. The first-order valence-electron chi connectivity index (χ1n) is 5.20. The Morgan fingerprint density at radius 1 is 1.44 bits per heavy atom. The van der Waals surface area contributed by atoms with Crippen molar-refractivity contribution in [3.8, 4) is 0 Å². The number of carboxylic acids is 1. The fourth-order valence-electron chi connectivity index (χ4n) is 1.32. The van der Waals surface area contributed by atoms with E-state index in [1.54, 1.807) is 6.92 Å². The molecule has 1 rings (SSSR count). The van der Waals surface area contributed by atoms with Crippen LogP contribution in [0.3, 0.4) is 0 Å². The lowest BCUT2D eigenvalue weighted by Crippen LogP contribution is -2.10. The highest BCUT2D eigenvalue weighted by Crippen LogP contribution is 2.18. The number of sulfone groups is 1. The molecule has 0 bridgehead atoms. The van der Waals surface area contributed by atoms with Crippen molar-refractivity contribution < 1.29 is 22.7 Å². The van der Waals surface area contributed by atoms with Crippen LogP contribution in [0.5, 0.6) is 0 Å². The molecule has 0 radical (unpaired) electrons. The molecule has 0 fully saturated rings. The monoisotopic (exact) mass is 272 g/mol. The Bertz CT molecular complexity index is 590. The fraction of sp³-hybridized carbons (Fsp3) is 0.250. The molecule has 1 N–H and O–H groups in total. The van der Waals surface area contributed by atoms with E-state index < -0.39 is 27.2 Å². The van der Waals surface area contributed by atoms with Gasteiger partial charge in [-0.15, -0.1) is 0 Å². The molecule has 0 heterocycles. The second kappa shape index (κ2) is 5.30. The summed E-state index contributed by atoms with van der Waals surface area (Å²) in [6.07, 6.45) is 0.506. The van der Waals surface area contributed by atoms with Crippen LogP contribution in [0.2, 0.25) is 0 Å². The molecule has 1 aromatic carbocycles. The summed E-state index contributed by atoms with van der Waals surface area (Å²) in [6, 6.07) is 2.72. The fourth-order valence-corrected chi connectivity index (χ4v) is 2.80. The molecular formula is C12H13FO4S. The number of carbonyl (C=O) groups is 1. The smallest absolute Gasteiger partial charge is 0.338 e. The minimum atomic E-state index is -3.67. The number of hydrogen-bond donors (Lipinski definition) is 1. The molecule has 0 aromatic heterocycles. The number of aromatic carboxylic acids is 1. The highest BCUT2D eigenvalue weighted by atomic mass is 32.2. The van der Waals surface area contributed by atoms with E-state index in [2.05, 4.69) is 6.58 Å². The Balaban J connectivity index is 3.22. The predicted octanol–water partition coefficient (Wildman–Crippen LogP) is 2.26. The van der Waals surface area contributed by atoms with Crippen LogP contribution in [0.4, 0.5) is 4.39 Å². The molecular weight excluding hydrogens is 259 g/mol. The Kier molecular flexibility index (Phi) is 4.24. The number of rotatable bonds is 5. The average molecular weight is 272 g/mol. The van der Waals surface area contributed by atoms with Crippen LogP contribution in [-0.4, -0.2) is 25.2 Å². The van der Waals surface area contributed by atoms with Gasteiger partial charge in [-0.1, -0.05) is 19.1 Å². The van der Waals surface area contributed by atoms with E-state index in [-0.39, 0.29) is 10.6 Å². The Labute approximate surface area is 105 Å². The molecule has 1 aromatic rings. The maximum absolute atomic E-state index is 13.1. The van der Waals surface area contributed by atoms with Crippen molar-refractivity contribution in [2.24, 2.45) is 0 Å². The molecule has 0 saturated carbocycles. The van der Waals surface area contributed by atoms with Crippen molar-refractivity contribution in [3.63, 3.8) is 0 Å². The third kappa shape index (κ3) is 3.16. The number of hydrogen-bond acceptors (Lipinski definition) is 3. The normalized spacial score (nSPS) is 11.2. The van der Waals surface area contributed by atoms with Crippen LogP contribution in [-0.2, 0) is 9.84 Å². The molecule has 0 aliphatic heterocycles. The first-order valence-corrected chi connectivity index (χ1v) is 6.85. The standard InChI is InChI=1S/C12H13FO4S/c1-3-8(2)7-18(16,17)9-4-5-11(13)10(6-9)12(14)15/h4-6H,2-3,7H2,1H3,(H,14,15). The zero-order chi connectivity index (χ0) is 13.9. The first-order chi connectivity index (χ1) is 8.27. The third-order valence-corrected chi connectivity index (χ3v) is 4.18. The van der Waals surface area contributed by atoms with Gasteiger partial charge in [-0.2, -0.15) is 0 Å². The topological polar surface area (TPSA) is 71.4 Å². The van der Waals surface area contributed by atoms with E-state index in [9.17, 15) is 17.6 Å². The summed E-state index contributed by atoms with van der Waals surface area (Å²) in [5.41, 5.74) is -0.144.